The van der Waals surface area contributed by atoms with E-state index in [0.717, 1.165) is 45.7 Å². The largest absolute Gasteiger partial charge is 0.355 e. The third-order valence-electron chi connectivity index (χ3n) is 4.08. The predicted molar refractivity (Wildman–Crippen MR) is 95.8 cm³/mol. The summed E-state index contributed by atoms with van der Waals surface area (Å²) in [4.78, 5) is 21.2. The average Bonchev–Trinajstić information content (AvgIpc) is 2.96. The summed E-state index contributed by atoms with van der Waals surface area (Å²) in [6, 6.07) is 0. The zero-order valence-electron chi connectivity index (χ0n) is 14.9. The maximum atomic E-state index is 11.8. The number of piperazine rings is 1. The quantitative estimate of drug-likeness (QED) is 0.863. The van der Waals surface area contributed by atoms with Crippen LogP contribution in [0.15, 0.2) is 5.38 Å². The van der Waals surface area contributed by atoms with Crippen LogP contribution in [0.5, 0.6) is 0 Å². The normalized spacial score (nSPS) is 17.4. The minimum atomic E-state index is 0.124. The van der Waals surface area contributed by atoms with Gasteiger partial charge < -0.3 is 5.32 Å². The number of carbonyl (C=O) groups excluding carboxylic acids is 1. The number of amides is 1. The Balaban J connectivity index is 1.74. The van der Waals surface area contributed by atoms with Gasteiger partial charge in [0.2, 0.25) is 5.91 Å². The summed E-state index contributed by atoms with van der Waals surface area (Å²) in [5.74, 6) is 0.148. The minimum absolute atomic E-state index is 0.124. The Bertz CT molecular complexity index is 501. The van der Waals surface area contributed by atoms with Crippen molar-refractivity contribution in [3.63, 3.8) is 0 Å². The van der Waals surface area contributed by atoms with Gasteiger partial charge in [0.15, 0.2) is 0 Å². The van der Waals surface area contributed by atoms with Crippen LogP contribution in [-0.2, 0) is 16.8 Å². The molecule has 5 nitrogen and oxygen atoms in total. The number of rotatable bonds is 6. The molecule has 0 atom stereocenters. The molecular formula is C17H30N4OS. The van der Waals surface area contributed by atoms with Crippen molar-refractivity contribution in [2.45, 2.75) is 46.1 Å². The van der Waals surface area contributed by atoms with E-state index in [1.807, 2.05) is 0 Å². The van der Waals surface area contributed by atoms with Gasteiger partial charge in [0.05, 0.1) is 18.8 Å². The molecule has 0 unspecified atom stereocenters. The molecule has 0 aliphatic carbocycles. The number of thiazole rings is 1. The molecule has 1 amide bonds. The molecular weight excluding hydrogens is 308 g/mol. The molecule has 0 spiro atoms. The molecule has 0 bridgehead atoms. The van der Waals surface area contributed by atoms with E-state index in [2.05, 4.69) is 48.2 Å². The zero-order valence-corrected chi connectivity index (χ0v) is 15.7. The number of nitrogens with zero attached hydrogens (tertiary/aromatic N) is 3. The molecule has 0 aromatic carbocycles. The lowest BCUT2D eigenvalue weighted by Crippen LogP contribution is -2.49. The Kier molecular flexibility index (Phi) is 6.56. The van der Waals surface area contributed by atoms with Crippen molar-refractivity contribution in [2.24, 2.45) is 0 Å². The second kappa shape index (κ2) is 8.22. The molecule has 130 valence electrons. The van der Waals surface area contributed by atoms with E-state index >= 15 is 0 Å². The van der Waals surface area contributed by atoms with E-state index < -0.39 is 0 Å². The molecule has 23 heavy (non-hydrogen) atoms. The van der Waals surface area contributed by atoms with Gasteiger partial charge in [-0.3, -0.25) is 14.6 Å². The van der Waals surface area contributed by atoms with Gasteiger partial charge in [-0.1, -0.05) is 27.7 Å². The summed E-state index contributed by atoms with van der Waals surface area (Å²) in [7, 11) is 0. The fourth-order valence-corrected chi connectivity index (χ4v) is 3.61. The van der Waals surface area contributed by atoms with E-state index in [1.165, 1.54) is 10.7 Å². The molecule has 1 aliphatic rings. The highest BCUT2D eigenvalue weighted by molar-refractivity contribution is 7.09. The van der Waals surface area contributed by atoms with Crippen molar-refractivity contribution in [3.8, 4) is 0 Å². The zero-order chi connectivity index (χ0) is 16.9. The Hall–Kier alpha value is -0.980. The Labute approximate surface area is 144 Å². The van der Waals surface area contributed by atoms with Gasteiger partial charge >= 0.3 is 0 Å². The van der Waals surface area contributed by atoms with E-state index in [4.69, 9.17) is 4.98 Å². The standard InChI is InChI=1S/C17H30N4OS/c1-5-6-18-15(22)11-20-7-9-21(10-8-20)12-16-19-14(13-23-16)17(2,3)4/h13H,5-12H2,1-4H3,(H,18,22). The van der Waals surface area contributed by atoms with Crippen LogP contribution in [0.2, 0.25) is 0 Å². The lowest BCUT2D eigenvalue weighted by molar-refractivity contribution is -0.122. The molecule has 0 radical (unpaired) electrons. The van der Waals surface area contributed by atoms with Crippen molar-refractivity contribution in [1.82, 2.24) is 20.1 Å². The SMILES string of the molecule is CCCNC(=O)CN1CCN(Cc2nc(C(C)(C)C)cs2)CC1. The number of hydrogen-bond donors (Lipinski definition) is 1. The van der Waals surface area contributed by atoms with E-state index in [-0.39, 0.29) is 11.3 Å². The lowest BCUT2D eigenvalue weighted by Gasteiger charge is -2.33. The molecule has 1 aliphatic heterocycles. The third-order valence-corrected chi connectivity index (χ3v) is 4.92. The first-order valence-electron chi connectivity index (χ1n) is 8.54. The third kappa shape index (κ3) is 5.86. The van der Waals surface area contributed by atoms with Crippen LogP contribution in [-0.4, -0.2) is 60.0 Å². The minimum Gasteiger partial charge on any atom is -0.355 e. The topological polar surface area (TPSA) is 48.5 Å². The van der Waals surface area contributed by atoms with E-state index in [1.54, 1.807) is 11.3 Å². The number of hydrogen-bond acceptors (Lipinski definition) is 5. The first-order valence-corrected chi connectivity index (χ1v) is 9.42. The van der Waals surface area contributed by atoms with Crippen molar-refractivity contribution >= 4 is 17.2 Å². The van der Waals surface area contributed by atoms with Gasteiger partial charge in [0.25, 0.3) is 0 Å². The average molecular weight is 339 g/mol. The van der Waals surface area contributed by atoms with Gasteiger partial charge in [0.1, 0.15) is 5.01 Å². The highest BCUT2D eigenvalue weighted by atomic mass is 32.1. The second-order valence-electron chi connectivity index (χ2n) is 7.28. The first kappa shape index (κ1) is 18.4. The van der Waals surface area contributed by atoms with Gasteiger partial charge in [-0.15, -0.1) is 11.3 Å². The molecule has 2 heterocycles. The molecule has 1 aromatic rings. The molecule has 1 saturated heterocycles. The summed E-state index contributed by atoms with van der Waals surface area (Å²) in [6.45, 7) is 14.8. The van der Waals surface area contributed by atoms with E-state index in [0.29, 0.717) is 6.54 Å². The summed E-state index contributed by atoms with van der Waals surface area (Å²) in [5.41, 5.74) is 1.31. The van der Waals surface area contributed by atoms with Crippen LogP contribution in [0.1, 0.15) is 44.8 Å². The maximum absolute atomic E-state index is 11.8. The van der Waals surface area contributed by atoms with Gasteiger partial charge in [-0.25, -0.2) is 4.98 Å². The molecule has 1 aromatic heterocycles. The second-order valence-corrected chi connectivity index (χ2v) is 8.22. The smallest absolute Gasteiger partial charge is 0.234 e. The Morgan fingerprint density at radius 3 is 2.48 bits per heavy atom. The van der Waals surface area contributed by atoms with Crippen LogP contribution >= 0.6 is 11.3 Å². The maximum Gasteiger partial charge on any atom is 0.234 e. The van der Waals surface area contributed by atoms with Gasteiger partial charge in [-0.2, -0.15) is 0 Å². The first-order chi connectivity index (χ1) is 10.9. The van der Waals surface area contributed by atoms with Crippen molar-refractivity contribution < 1.29 is 4.79 Å². The summed E-state index contributed by atoms with van der Waals surface area (Å²) < 4.78 is 0. The fourth-order valence-electron chi connectivity index (χ4n) is 2.55. The van der Waals surface area contributed by atoms with Gasteiger partial charge in [0, 0.05) is 43.5 Å². The number of nitrogens with one attached hydrogen (secondary N) is 1. The summed E-state index contributed by atoms with van der Waals surface area (Å²) >= 11 is 1.76. The molecule has 2 rings (SSSR count). The fraction of sp³-hybridized carbons (Fsp3) is 0.765. The van der Waals surface area contributed by atoms with Crippen molar-refractivity contribution in [1.29, 1.82) is 0 Å². The number of carbonyl (C=O) groups is 1. The lowest BCUT2D eigenvalue weighted by atomic mass is 9.93. The van der Waals surface area contributed by atoms with Gasteiger partial charge in [-0.05, 0) is 6.42 Å². The van der Waals surface area contributed by atoms with Crippen LogP contribution in [0, 0.1) is 0 Å². The summed E-state index contributed by atoms with van der Waals surface area (Å²) in [5, 5.41) is 6.33. The molecule has 1 fully saturated rings. The van der Waals surface area contributed by atoms with Crippen LogP contribution in [0.25, 0.3) is 0 Å². The van der Waals surface area contributed by atoms with Crippen LogP contribution < -0.4 is 5.32 Å². The highest BCUT2D eigenvalue weighted by Crippen LogP contribution is 2.24. The van der Waals surface area contributed by atoms with Crippen molar-refractivity contribution in [3.05, 3.63) is 16.1 Å². The van der Waals surface area contributed by atoms with Crippen molar-refractivity contribution in [2.75, 3.05) is 39.3 Å². The highest BCUT2D eigenvalue weighted by Gasteiger charge is 2.21. The van der Waals surface area contributed by atoms with E-state index in [9.17, 15) is 4.79 Å². The Morgan fingerprint density at radius 2 is 1.91 bits per heavy atom. The predicted octanol–water partition coefficient (Wildman–Crippen LogP) is 2.08. The molecule has 0 saturated carbocycles. The molecule has 6 heteroatoms. The van der Waals surface area contributed by atoms with Crippen LogP contribution in [0.3, 0.4) is 0 Å². The van der Waals surface area contributed by atoms with Crippen LogP contribution in [0.4, 0.5) is 0 Å². The molecule has 1 N–H and O–H groups in total. The Morgan fingerprint density at radius 1 is 1.26 bits per heavy atom. The summed E-state index contributed by atoms with van der Waals surface area (Å²) in [6.07, 6.45) is 0.990. The monoisotopic (exact) mass is 338 g/mol. The number of aromatic nitrogens is 1.